The largest absolute Gasteiger partial charge is 0.336 e. The molecule has 1 heterocycles. The molecule has 1 rings (SSSR count). The number of rotatable bonds is 2. The van der Waals surface area contributed by atoms with Crippen LogP contribution in [-0.4, -0.2) is 11.4 Å². The van der Waals surface area contributed by atoms with Gasteiger partial charge in [-0.3, -0.25) is 4.79 Å². The summed E-state index contributed by atoms with van der Waals surface area (Å²) in [6.45, 7) is 3.58. The quantitative estimate of drug-likeness (QED) is 0.714. The van der Waals surface area contributed by atoms with Crippen LogP contribution < -0.4 is 5.32 Å². The van der Waals surface area contributed by atoms with Gasteiger partial charge in [0.15, 0.2) is 0 Å². The second-order valence-corrected chi connectivity index (χ2v) is 4.02. The predicted octanol–water partition coefficient (Wildman–Crippen LogP) is 1.89. The van der Waals surface area contributed by atoms with Crippen molar-refractivity contribution in [3.05, 3.63) is 22.4 Å². The number of carbonyl (C=O) groups excluding carboxylic acids is 1. The molecule has 1 aromatic heterocycles. The van der Waals surface area contributed by atoms with Gasteiger partial charge in [0.25, 0.3) is 5.91 Å². The Kier molecular flexibility index (Phi) is 2.74. The van der Waals surface area contributed by atoms with Crippen molar-refractivity contribution in [2.75, 3.05) is 0 Å². The van der Waals surface area contributed by atoms with Crippen LogP contribution in [-0.2, 0) is 0 Å². The minimum atomic E-state index is -0.584. The molecule has 0 spiro atoms. The van der Waals surface area contributed by atoms with Crippen molar-refractivity contribution in [2.24, 2.45) is 0 Å². The number of nitrogens with one attached hydrogen (secondary N) is 1. The Morgan fingerprint density at radius 3 is 2.85 bits per heavy atom. The Morgan fingerprint density at radius 1 is 1.69 bits per heavy atom. The molecule has 0 saturated carbocycles. The van der Waals surface area contributed by atoms with E-state index in [1.807, 2.05) is 5.38 Å². The van der Waals surface area contributed by atoms with Gasteiger partial charge in [-0.1, -0.05) is 5.92 Å². The number of hydrogen-bond donors (Lipinski definition) is 1. The van der Waals surface area contributed by atoms with E-state index in [0.717, 1.165) is 0 Å². The molecular formula is C10H11NOS. The van der Waals surface area contributed by atoms with E-state index in [-0.39, 0.29) is 5.91 Å². The zero-order valence-electron chi connectivity index (χ0n) is 7.63. The van der Waals surface area contributed by atoms with E-state index in [1.165, 1.54) is 11.3 Å². The number of terminal acetylenes is 1. The highest BCUT2D eigenvalue weighted by Gasteiger charge is 2.17. The molecule has 1 amide bonds. The van der Waals surface area contributed by atoms with Gasteiger partial charge in [-0.2, -0.15) is 11.3 Å². The molecular weight excluding hydrogens is 182 g/mol. The van der Waals surface area contributed by atoms with Gasteiger partial charge in [-0.25, -0.2) is 0 Å². The van der Waals surface area contributed by atoms with Gasteiger partial charge in [0.05, 0.1) is 11.1 Å². The first kappa shape index (κ1) is 9.82. The first-order chi connectivity index (χ1) is 6.05. The maximum atomic E-state index is 11.5. The van der Waals surface area contributed by atoms with Crippen molar-refractivity contribution in [2.45, 2.75) is 19.4 Å². The highest BCUT2D eigenvalue weighted by Crippen LogP contribution is 2.08. The molecule has 3 heteroatoms. The van der Waals surface area contributed by atoms with Crippen molar-refractivity contribution in [3.63, 3.8) is 0 Å². The molecule has 0 aliphatic rings. The van der Waals surface area contributed by atoms with Gasteiger partial charge < -0.3 is 5.32 Å². The van der Waals surface area contributed by atoms with E-state index >= 15 is 0 Å². The van der Waals surface area contributed by atoms with Gasteiger partial charge in [-0.05, 0) is 25.3 Å². The third-order valence-electron chi connectivity index (χ3n) is 1.57. The molecule has 0 fully saturated rings. The third kappa shape index (κ3) is 2.60. The summed E-state index contributed by atoms with van der Waals surface area (Å²) < 4.78 is 0. The van der Waals surface area contributed by atoms with Crippen LogP contribution in [0, 0.1) is 12.3 Å². The molecule has 0 unspecified atom stereocenters. The maximum Gasteiger partial charge on any atom is 0.253 e. The molecule has 0 radical (unpaired) electrons. The van der Waals surface area contributed by atoms with Gasteiger partial charge in [0, 0.05) is 5.38 Å². The summed E-state index contributed by atoms with van der Waals surface area (Å²) in [7, 11) is 0. The molecule has 0 aromatic carbocycles. The van der Waals surface area contributed by atoms with E-state index in [0.29, 0.717) is 5.56 Å². The molecule has 0 saturated heterocycles. The highest BCUT2D eigenvalue weighted by atomic mass is 32.1. The summed E-state index contributed by atoms with van der Waals surface area (Å²) in [5, 5.41) is 6.39. The lowest BCUT2D eigenvalue weighted by molar-refractivity contribution is 0.0930. The molecule has 1 aromatic rings. The summed E-state index contributed by atoms with van der Waals surface area (Å²) in [6.07, 6.45) is 5.25. The van der Waals surface area contributed by atoms with Crippen LogP contribution in [0.1, 0.15) is 24.2 Å². The van der Waals surface area contributed by atoms with Crippen molar-refractivity contribution in [1.29, 1.82) is 0 Å². The minimum absolute atomic E-state index is 0.121. The Balaban J connectivity index is 2.68. The Hall–Kier alpha value is -1.27. The summed E-state index contributed by atoms with van der Waals surface area (Å²) in [5.41, 5.74) is 0.0762. The summed E-state index contributed by atoms with van der Waals surface area (Å²) in [4.78, 5) is 11.5. The van der Waals surface area contributed by atoms with E-state index in [2.05, 4.69) is 11.2 Å². The fraction of sp³-hybridized carbons (Fsp3) is 0.300. The Labute approximate surface area is 82.0 Å². The summed E-state index contributed by atoms with van der Waals surface area (Å²) in [6, 6.07) is 1.77. The van der Waals surface area contributed by atoms with Crippen molar-refractivity contribution >= 4 is 17.2 Å². The van der Waals surface area contributed by atoms with Crippen LogP contribution in [0.25, 0.3) is 0 Å². The van der Waals surface area contributed by atoms with Gasteiger partial charge in [0.2, 0.25) is 0 Å². The van der Waals surface area contributed by atoms with Crippen LogP contribution in [0.15, 0.2) is 16.8 Å². The SMILES string of the molecule is C#CC(C)(C)NC(=O)c1ccsc1. The van der Waals surface area contributed by atoms with Crippen LogP contribution in [0.2, 0.25) is 0 Å². The topological polar surface area (TPSA) is 29.1 Å². The Morgan fingerprint density at radius 2 is 2.38 bits per heavy atom. The lowest BCUT2D eigenvalue weighted by Crippen LogP contribution is -2.41. The summed E-state index contributed by atoms with van der Waals surface area (Å²) in [5.74, 6) is 2.38. The number of amides is 1. The number of thiophene rings is 1. The van der Waals surface area contributed by atoms with Crippen LogP contribution in [0.4, 0.5) is 0 Å². The van der Waals surface area contributed by atoms with E-state index in [1.54, 1.807) is 25.3 Å². The van der Waals surface area contributed by atoms with E-state index < -0.39 is 5.54 Å². The minimum Gasteiger partial charge on any atom is -0.336 e. The fourth-order valence-corrected chi connectivity index (χ4v) is 1.42. The van der Waals surface area contributed by atoms with E-state index in [9.17, 15) is 4.79 Å². The number of hydrogen-bond acceptors (Lipinski definition) is 2. The molecule has 0 bridgehead atoms. The fourth-order valence-electron chi connectivity index (χ4n) is 0.786. The second-order valence-electron chi connectivity index (χ2n) is 3.24. The van der Waals surface area contributed by atoms with Crippen molar-refractivity contribution in [1.82, 2.24) is 5.32 Å². The monoisotopic (exact) mass is 193 g/mol. The zero-order chi connectivity index (χ0) is 9.90. The normalized spacial score (nSPS) is 10.5. The lowest BCUT2D eigenvalue weighted by atomic mass is 10.1. The first-order valence-corrected chi connectivity index (χ1v) is 4.82. The number of carbonyl (C=O) groups is 1. The van der Waals surface area contributed by atoms with Gasteiger partial charge >= 0.3 is 0 Å². The summed E-state index contributed by atoms with van der Waals surface area (Å²) >= 11 is 1.49. The molecule has 1 N–H and O–H groups in total. The standard InChI is InChI=1S/C10H11NOS/c1-4-10(2,3)11-9(12)8-5-6-13-7-8/h1,5-7H,2-3H3,(H,11,12). The van der Waals surface area contributed by atoms with Crippen molar-refractivity contribution < 1.29 is 4.79 Å². The molecule has 13 heavy (non-hydrogen) atoms. The van der Waals surface area contributed by atoms with Crippen LogP contribution in [0.3, 0.4) is 0 Å². The molecule has 0 atom stereocenters. The van der Waals surface area contributed by atoms with Gasteiger partial charge in [0.1, 0.15) is 0 Å². The molecule has 68 valence electrons. The van der Waals surface area contributed by atoms with E-state index in [4.69, 9.17) is 6.42 Å². The average molecular weight is 193 g/mol. The molecule has 0 aliphatic carbocycles. The zero-order valence-corrected chi connectivity index (χ0v) is 8.44. The average Bonchev–Trinajstić information content (AvgIpc) is 2.55. The van der Waals surface area contributed by atoms with Crippen LogP contribution >= 0.6 is 11.3 Å². The second kappa shape index (κ2) is 3.63. The smallest absolute Gasteiger partial charge is 0.253 e. The third-order valence-corrected chi connectivity index (χ3v) is 2.25. The molecule has 2 nitrogen and oxygen atoms in total. The lowest BCUT2D eigenvalue weighted by Gasteiger charge is -2.18. The van der Waals surface area contributed by atoms with Crippen LogP contribution in [0.5, 0.6) is 0 Å². The predicted molar refractivity (Wildman–Crippen MR) is 54.7 cm³/mol. The first-order valence-electron chi connectivity index (χ1n) is 3.87. The molecule has 0 aliphatic heterocycles. The maximum absolute atomic E-state index is 11.5. The highest BCUT2D eigenvalue weighted by molar-refractivity contribution is 7.08. The van der Waals surface area contributed by atoms with Gasteiger partial charge in [-0.15, -0.1) is 6.42 Å². The Bertz CT molecular complexity index is 332. The van der Waals surface area contributed by atoms with Crippen molar-refractivity contribution in [3.8, 4) is 12.3 Å².